The highest BCUT2D eigenvalue weighted by atomic mass is 35.5. The van der Waals surface area contributed by atoms with E-state index >= 15 is 0 Å². The van der Waals surface area contributed by atoms with Gasteiger partial charge >= 0.3 is 0 Å². The van der Waals surface area contributed by atoms with E-state index in [1.165, 1.54) is 18.5 Å². The van der Waals surface area contributed by atoms with Gasteiger partial charge in [0.1, 0.15) is 0 Å². The summed E-state index contributed by atoms with van der Waals surface area (Å²) in [5.41, 5.74) is 3.42. The Morgan fingerprint density at radius 1 is 1.41 bits per heavy atom. The molecule has 2 saturated heterocycles. The second-order valence-electron chi connectivity index (χ2n) is 4.95. The topological polar surface area (TPSA) is 25.4 Å². The summed E-state index contributed by atoms with van der Waals surface area (Å²) in [5.74, 6) is 0.523. The standard InChI is InChI=1S/C13H17ClN2O/c1-9-4-13(10(5-14)6-15-9)16-7-11-2-3-12(8-16)17-11/h4,6,11-12H,2-3,5,7-8H2,1H3. The van der Waals surface area contributed by atoms with Crippen molar-refractivity contribution in [1.29, 1.82) is 0 Å². The number of morpholine rings is 1. The van der Waals surface area contributed by atoms with Gasteiger partial charge in [-0.2, -0.15) is 0 Å². The molecule has 3 heterocycles. The summed E-state index contributed by atoms with van der Waals surface area (Å²) >= 11 is 5.99. The van der Waals surface area contributed by atoms with Crippen LogP contribution in [0.25, 0.3) is 0 Å². The first-order valence-corrected chi connectivity index (χ1v) is 6.71. The summed E-state index contributed by atoms with van der Waals surface area (Å²) in [6, 6.07) is 2.14. The molecule has 0 spiro atoms. The molecular formula is C13H17ClN2O. The summed E-state index contributed by atoms with van der Waals surface area (Å²) in [7, 11) is 0. The molecule has 3 nitrogen and oxygen atoms in total. The third-order valence-electron chi connectivity index (χ3n) is 3.63. The molecule has 0 aliphatic carbocycles. The molecule has 17 heavy (non-hydrogen) atoms. The average molecular weight is 253 g/mol. The minimum Gasteiger partial charge on any atom is -0.371 e. The Bertz CT molecular complexity index is 412. The van der Waals surface area contributed by atoms with Crippen LogP contribution in [0.3, 0.4) is 0 Å². The number of aryl methyl sites for hydroxylation is 1. The predicted molar refractivity (Wildman–Crippen MR) is 68.6 cm³/mol. The number of nitrogens with zero attached hydrogens (tertiary/aromatic N) is 2. The fourth-order valence-corrected chi connectivity index (χ4v) is 2.99. The third-order valence-corrected chi connectivity index (χ3v) is 3.91. The first-order chi connectivity index (χ1) is 8.26. The Balaban J connectivity index is 1.90. The zero-order valence-corrected chi connectivity index (χ0v) is 10.8. The Morgan fingerprint density at radius 2 is 2.12 bits per heavy atom. The van der Waals surface area contributed by atoms with Gasteiger partial charge < -0.3 is 9.64 Å². The van der Waals surface area contributed by atoms with Gasteiger partial charge in [-0.05, 0) is 25.8 Å². The lowest BCUT2D eigenvalue weighted by atomic mass is 10.2. The monoisotopic (exact) mass is 252 g/mol. The summed E-state index contributed by atoms with van der Waals surface area (Å²) in [5, 5.41) is 0. The Hall–Kier alpha value is -0.800. The van der Waals surface area contributed by atoms with E-state index in [4.69, 9.17) is 16.3 Å². The van der Waals surface area contributed by atoms with Gasteiger partial charge in [0.05, 0.1) is 18.1 Å². The number of alkyl halides is 1. The molecular weight excluding hydrogens is 236 g/mol. The van der Waals surface area contributed by atoms with Crippen LogP contribution < -0.4 is 4.90 Å². The van der Waals surface area contributed by atoms with Gasteiger partial charge in [0.25, 0.3) is 0 Å². The van der Waals surface area contributed by atoms with E-state index in [1.54, 1.807) is 0 Å². The maximum atomic E-state index is 5.99. The van der Waals surface area contributed by atoms with Crippen molar-refractivity contribution in [2.75, 3.05) is 18.0 Å². The molecule has 3 rings (SSSR count). The molecule has 1 aromatic rings. The zero-order valence-electron chi connectivity index (χ0n) is 10.0. The van der Waals surface area contributed by atoms with Crippen molar-refractivity contribution < 1.29 is 4.74 Å². The fourth-order valence-electron chi connectivity index (χ4n) is 2.78. The maximum absolute atomic E-state index is 5.99. The van der Waals surface area contributed by atoms with E-state index in [0.29, 0.717) is 18.1 Å². The van der Waals surface area contributed by atoms with Gasteiger partial charge in [-0.1, -0.05) is 0 Å². The molecule has 2 fully saturated rings. The van der Waals surface area contributed by atoms with Crippen LogP contribution in [0.1, 0.15) is 24.1 Å². The highest BCUT2D eigenvalue weighted by Gasteiger charge is 2.34. The molecule has 2 unspecified atom stereocenters. The molecule has 92 valence electrons. The van der Waals surface area contributed by atoms with Crippen molar-refractivity contribution in [2.45, 2.75) is 37.9 Å². The van der Waals surface area contributed by atoms with Crippen molar-refractivity contribution >= 4 is 17.3 Å². The minimum atomic E-state index is 0.408. The van der Waals surface area contributed by atoms with Crippen LogP contribution in [0.2, 0.25) is 0 Å². The number of fused-ring (bicyclic) bond motifs is 2. The Labute approximate surface area is 107 Å². The number of hydrogen-bond donors (Lipinski definition) is 0. The molecule has 2 bridgehead atoms. The number of halogens is 1. The van der Waals surface area contributed by atoms with Crippen molar-refractivity contribution in [2.24, 2.45) is 0 Å². The lowest BCUT2D eigenvalue weighted by molar-refractivity contribution is 0.0304. The summed E-state index contributed by atoms with van der Waals surface area (Å²) in [6.45, 7) is 4.00. The second kappa shape index (κ2) is 4.46. The number of anilines is 1. The van der Waals surface area contributed by atoms with Gasteiger partial charge in [0.15, 0.2) is 0 Å². The van der Waals surface area contributed by atoms with Crippen LogP contribution in [0, 0.1) is 6.92 Å². The molecule has 4 heteroatoms. The van der Waals surface area contributed by atoms with E-state index in [0.717, 1.165) is 24.3 Å². The van der Waals surface area contributed by atoms with Crippen molar-refractivity contribution in [3.63, 3.8) is 0 Å². The number of aromatic nitrogens is 1. The lowest BCUT2D eigenvalue weighted by Gasteiger charge is -2.35. The normalized spacial score (nSPS) is 27.5. The minimum absolute atomic E-state index is 0.408. The van der Waals surface area contributed by atoms with E-state index in [1.807, 2.05) is 13.1 Å². The fraction of sp³-hybridized carbons (Fsp3) is 0.615. The van der Waals surface area contributed by atoms with Crippen LogP contribution in [0.15, 0.2) is 12.3 Å². The summed E-state index contributed by atoms with van der Waals surface area (Å²) in [6.07, 6.45) is 5.11. The number of hydrogen-bond acceptors (Lipinski definition) is 3. The van der Waals surface area contributed by atoms with Crippen molar-refractivity contribution in [3.8, 4) is 0 Å². The van der Waals surface area contributed by atoms with Gasteiger partial charge in [-0.15, -0.1) is 11.6 Å². The summed E-state index contributed by atoms with van der Waals surface area (Å²) in [4.78, 5) is 6.73. The molecule has 0 radical (unpaired) electrons. The molecule has 0 saturated carbocycles. The van der Waals surface area contributed by atoms with Crippen LogP contribution in [0.4, 0.5) is 5.69 Å². The largest absolute Gasteiger partial charge is 0.371 e. The number of pyridine rings is 1. The molecule has 0 amide bonds. The zero-order chi connectivity index (χ0) is 11.8. The molecule has 1 aromatic heterocycles. The van der Waals surface area contributed by atoms with Crippen LogP contribution in [0.5, 0.6) is 0 Å². The van der Waals surface area contributed by atoms with E-state index in [-0.39, 0.29) is 0 Å². The smallest absolute Gasteiger partial charge is 0.0755 e. The predicted octanol–water partition coefficient (Wildman–Crippen LogP) is 2.50. The first kappa shape index (κ1) is 11.3. The van der Waals surface area contributed by atoms with Crippen molar-refractivity contribution in [3.05, 3.63) is 23.5 Å². The van der Waals surface area contributed by atoms with Crippen LogP contribution in [-0.4, -0.2) is 30.3 Å². The van der Waals surface area contributed by atoms with Gasteiger partial charge in [0.2, 0.25) is 0 Å². The lowest BCUT2D eigenvalue weighted by Crippen LogP contribution is -2.43. The number of ether oxygens (including phenoxy) is 1. The first-order valence-electron chi connectivity index (χ1n) is 6.18. The highest BCUT2D eigenvalue weighted by Crippen LogP contribution is 2.31. The highest BCUT2D eigenvalue weighted by molar-refractivity contribution is 6.17. The van der Waals surface area contributed by atoms with Crippen LogP contribution in [-0.2, 0) is 10.6 Å². The average Bonchev–Trinajstić information content (AvgIpc) is 2.68. The van der Waals surface area contributed by atoms with Gasteiger partial charge in [-0.25, -0.2) is 0 Å². The van der Waals surface area contributed by atoms with Crippen LogP contribution >= 0.6 is 11.6 Å². The quantitative estimate of drug-likeness (QED) is 0.757. The summed E-state index contributed by atoms with van der Waals surface area (Å²) < 4.78 is 5.86. The molecule has 2 aliphatic rings. The third kappa shape index (κ3) is 2.14. The molecule has 2 atom stereocenters. The van der Waals surface area contributed by atoms with E-state index < -0.39 is 0 Å². The molecule has 0 N–H and O–H groups in total. The van der Waals surface area contributed by atoms with E-state index in [9.17, 15) is 0 Å². The molecule has 2 aliphatic heterocycles. The Kier molecular flexibility index (Phi) is 2.97. The SMILES string of the molecule is Cc1cc(N2CC3CCC(C2)O3)c(CCl)cn1. The van der Waals surface area contributed by atoms with Gasteiger partial charge in [0, 0.05) is 36.2 Å². The second-order valence-corrected chi connectivity index (χ2v) is 5.22. The maximum Gasteiger partial charge on any atom is 0.0755 e. The molecule has 0 aromatic carbocycles. The Morgan fingerprint density at radius 3 is 2.76 bits per heavy atom. The van der Waals surface area contributed by atoms with Gasteiger partial charge in [-0.3, -0.25) is 4.98 Å². The van der Waals surface area contributed by atoms with Crippen molar-refractivity contribution in [1.82, 2.24) is 4.98 Å². The van der Waals surface area contributed by atoms with E-state index in [2.05, 4.69) is 16.0 Å². The number of rotatable bonds is 2.